The van der Waals surface area contributed by atoms with Crippen LogP contribution in [0.25, 0.3) is 0 Å². The second-order valence-corrected chi connectivity index (χ2v) is 7.54. The maximum absolute atomic E-state index is 11.1. The Kier molecular flexibility index (Phi) is 5.12. The summed E-state index contributed by atoms with van der Waals surface area (Å²) >= 11 is 0. The first-order valence-corrected chi connectivity index (χ1v) is 9.98. The largest absolute Gasteiger partial charge is 0.439 e. The van der Waals surface area contributed by atoms with Gasteiger partial charge >= 0.3 is 0 Å². The van der Waals surface area contributed by atoms with Crippen LogP contribution in [0, 0.1) is 0 Å². The summed E-state index contributed by atoms with van der Waals surface area (Å²) in [7, 11) is 0. The van der Waals surface area contributed by atoms with Crippen molar-refractivity contribution in [3.05, 3.63) is 53.2 Å². The van der Waals surface area contributed by atoms with E-state index in [-0.39, 0.29) is 0 Å². The van der Waals surface area contributed by atoms with Crippen molar-refractivity contribution in [3.8, 4) is 11.6 Å². The molecule has 0 spiro atoms. The Morgan fingerprint density at radius 3 is 2.70 bits per heavy atom. The molecule has 4 rings (SSSR count). The van der Waals surface area contributed by atoms with Gasteiger partial charge in [0.25, 0.3) is 0 Å². The van der Waals surface area contributed by atoms with Crippen LogP contribution in [-0.4, -0.2) is 28.4 Å². The van der Waals surface area contributed by atoms with E-state index in [1.807, 2.05) is 6.07 Å². The number of carbonyl (C=O) groups excluding carboxylic acids is 1. The van der Waals surface area contributed by atoms with E-state index in [0.717, 1.165) is 24.8 Å². The van der Waals surface area contributed by atoms with Crippen LogP contribution in [0.3, 0.4) is 0 Å². The van der Waals surface area contributed by atoms with Gasteiger partial charge < -0.3 is 10.5 Å². The smallest absolute Gasteiger partial charge is 0.250 e. The van der Waals surface area contributed by atoms with Crippen LogP contribution < -0.4 is 10.5 Å². The van der Waals surface area contributed by atoms with Crippen LogP contribution >= 0.6 is 0 Å². The van der Waals surface area contributed by atoms with E-state index >= 15 is 0 Å². The van der Waals surface area contributed by atoms with Gasteiger partial charge in [0.05, 0.1) is 5.56 Å². The van der Waals surface area contributed by atoms with Gasteiger partial charge in [-0.15, -0.1) is 0 Å². The molecule has 2 aliphatic rings. The molecule has 1 fully saturated rings. The predicted molar refractivity (Wildman–Crippen MR) is 105 cm³/mol. The zero-order valence-corrected chi connectivity index (χ0v) is 15.9. The zero-order chi connectivity index (χ0) is 18.8. The number of carbonyl (C=O) groups is 1. The van der Waals surface area contributed by atoms with Gasteiger partial charge in [-0.3, -0.25) is 9.69 Å². The molecule has 1 saturated carbocycles. The molecule has 5 heteroatoms. The van der Waals surface area contributed by atoms with Crippen molar-refractivity contribution in [2.45, 2.75) is 57.5 Å². The average molecular weight is 365 g/mol. The highest BCUT2D eigenvalue weighted by atomic mass is 16.5. The Morgan fingerprint density at radius 2 is 2.04 bits per heavy atom. The molecule has 2 aromatic rings. The van der Waals surface area contributed by atoms with Crippen molar-refractivity contribution in [1.82, 2.24) is 9.88 Å². The number of nitrogens with two attached hydrogens (primary N) is 1. The lowest BCUT2D eigenvalue weighted by atomic mass is 10.0. The summed E-state index contributed by atoms with van der Waals surface area (Å²) < 4.78 is 5.88. The highest BCUT2D eigenvalue weighted by Gasteiger charge is 2.32. The fourth-order valence-electron chi connectivity index (χ4n) is 4.66. The predicted octanol–water partition coefficient (Wildman–Crippen LogP) is 4.22. The molecule has 1 heterocycles. The van der Waals surface area contributed by atoms with Gasteiger partial charge in [-0.1, -0.05) is 25.8 Å². The van der Waals surface area contributed by atoms with Crippen molar-refractivity contribution >= 4 is 5.91 Å². The standard InChI is InChI=1S/C22H27N3O2/c1-2-25(17-5-3-4-6-17)20-11-7-15-13-18(9-10-19(15)20)27-21-12-8-16(14-24-21)22(23)26/h8-10,12-14,17,20H,2-7,11H2,1H3,(H2,23,26). The third-order valence-corrected chi connectivity index (χ3v) is 5.96. The number of aromatic nitrogens is 1. The number of amides is 1. The lowest BCUT2D eigenvalue weighted by Gasteiger charge is -2.34. The van der Waals surface area contributed by atoms with Crippen LogP contribution in [0.5, 0.6) is 11.6 Å². The molecule has 1 unspecified atom stereocenters. The molecule has 2 aliphatic carbocycles. The highest BCUT2D eigenvalue weighted by molar-refractivity contribution is 5.92. The van der Waals surface area contributed by atoms with Crippen molar-refractivity contribution in [2.24, 2.45) is 5.73 Å². The number of benzene rings is 1. The molecular weight excluding hydrogens is 338 g/mol. The molecule has 1 aromatic carbocycles. The van der Waals surface area contributed by atoms with Gasteiger partial charge in [0.2, 0.25) is 11.8 Å². The maximum atomic E-state index is 11.1. The highest BCUT2D eigenvalue weighted by Crippen LogP contribution is 2.41. The normalized spacial score (nSPS) is 19.4. The Bertz CT molecular complexity index is 813. The van der Waals surface area contributed by atoms with E-state index in [4.69, 9.17) is 10.5 Å². The summed E-state index contributed by atoms with van der Waals surface area (Å²) in [6.07, 6.45) is 9.15. The monoisotopic (exact) mass is 365 g/mol. The topological polar surface area (TPSA) is 68.5 Å². The molecule has 1 aromatic heterocycles. The third-order valence-electron chi connectivity index (χ3n) is 5.96. The SMILES string of the molecule is CCN(C1CCCC1)C1CCc2cc(Oc3ccc(C(N)=O)cn3)ccc21. The number of ether oxygens (including phenoxy) is 1. The van der Waals surface area contributed by atoms with Crippen LogP contribution in [0.4, 0.5) is 0 Å². The zero-order valence-electron chi connectivity index (χ0n) is 15.9. The Hall–Kier alpha value is -2.40. The number of hydrogen-bond donors (Lipinski definition) is 1. The molecular formula is C22H27N3O2. The average Bonchev–Trinajstić information content (AvgIpc) is 3.34. The second kappa shape index (κ2) is 7.69. The third kappa shape index (κ3) is 3.69. The van der Waals surface area contributed by atoms with Gasteiger partial charge in [-0.25, -0.2) is 4.98 Å². The van der Waals surface area contributed by atoms with Crippen molar-refractivity contribution < 1.29 is 9.53 Å². The van der Waals surface area contributed by atoms with Crippen LogP contribution in [0.15, 0.2) is 36.5 Å². The lowest BCUT2D eigenvalue weighted by Crippen LogP contribution is -2.35. The first-order chi connectivity index (χ1) is 13.2. The lowest BCUT2D eigenvalue weighted by molar-refractivity contribution is 0.1000. The number of fused-ring (bicyclic) bond motifs is 1. The van der Waals surface area contributed by atoms with E-state index in [9.17, 15) is 4.79 Å². The number of rotatable bonds is 6. The fourth-order valence-corrected chi connectivity index (χ4v) is 4.66. The fraction of sp³-hybridized carbons (Fsp3) is 0.455. The number of pyridine rings is 1. The van der Waals surface area contributed by atoms with Gasteiger partial charge in [0.1, 0.15) is 5.75 Å². The Morgan fingerprint density at radius 1 is 1.22 bits per heavy atom. The number of hydrogen-bond acceptors (Lipinski definition) is 4. The summed E-state index contributed by atoms with van der Waals surface area (Å²) in [5.41, 5.74) is 8.46. The van der Waals surface area contributed by atoms with E-state index in [2.05, 4.69) is 28.9 Å². The van der Waals surface area contributed by atoms with Crippen LogP contribution in [-0.2, 0) is 6.42 Å². The van der Waals surface area contributed by atoms with E-state index in [1.54, 1.807) is 12.1 Å². The minimum Gasteiger partial charge on any atom is -0.439 e. The Balaban J connectivity index is 1.50. The summed E-state index contributed by atoms with van der Waals surface area (Å²) in [6.45, 7) is 3.40. The maximum Gasteiger partial charge on any atom is 0.250 e. The van der Waals surface area contributed by atoms with Crippen LogP contribution in [0.2, 0.25) is 0 Å². The quantitative estimate of drug-likeness (QED) is 0.832. The molecule has 142 valence electrons. The summed E-state index contributed by atoms with van der Waals surface area (Å²) in [4.78, 5) is 18.0. The van der Waals surface area contributed by atoms with E-state index < -0.39 is 5.91 Å². The molecule has 1 atom stereocenters. The Labute approximate surface area is 160 Å². The molecule has 1 amide bonds. The first-order valence-electron chi connectivity index (χ1n) is 9.98. The van der Waals surface area contributed by atoms with Crippen molar-refractivity contribution in [1.29, 1.82) is 0 Å². The van der Waals surface area contributed by atoms with Crippen molar-refractivity contribution in [3.63, 3.8) is 0 Å². The van der Waals surface area contributed by atoms with Gasteiger partial charge in [-0.2, -0.15) is 0 Å². The van der Waals surface area contributed by atoms with Gasteiger partial charge in [0.15, 0.2) is 0 Å². The molecule has 0 aliphatic heterocycles. The summed E-state index contributed by atoms with van der Waals surface area (Å²) in [5.74, 6) is 0.772. The number of aryl methyl sites for hydroxylation is 1. The number of primary amides is 1. The van der Waals surface area contributed by atoms with E-state index in [0.29, 0.717) is 17.5 Å². The van der Waals surface area contributed by atoms with E-state index in [1.165, 1.54) is 49.4 Å². The summed E-state index contributed by atoms with van der Waals surface area (Å²) in [6, 6.07) is 11.0. The molecule has 0 saturated heterocycles. The number of nitrogens with zero attached hydrogens (tertiary/aromatic N) is 2. The minimum atomic E-state index is -0.486. The molecule has 5 nitrogen and oxygen atoms in total. The molecule has 0 radical (unpaired) electrons. The van der Waals surface area contributed by atoms with Crippen molar-refractivity contribution in [2.75, 3.05) is 6.54 Å². The first kappa shape index (κ1) is 18.0. The molecule has 27 heavy (non-hydrogen) atoms. The minimum absolute atomic E-state index is 0.380. The molecule has 0 bridgehead atoms. The molecule has 2 N–H and O–H groups in total. The second-order valence-electron chi connectivity index (χ2n) is 7.54. The van der Waals surface area contributed by atoms with Crippen LogP contribution in [0.1, 0.15) is 66.6 Å². The summed E-state index contributed by atoms with van der Waals surface area (Å²) in [5, 5.41) is 0. The van der Waals surface area contributed by atoms with Gasteiger partial charge in [0, 0.05) is 24.3 Å². The van der Waals surface area contributed by atoms with Gasteiger partial charge in [-0.05, 0) is 61.6 Å².